The molecule has 0 N–H and O–H groups in total. The second kappa shape index (κ2) is 6.33. The number of nitrogens with zero attached hydrogens (tertiary/aromatic N) is 1. The van der Waals surface area contributed by atoms with Gasteiger partial charge in [-0.3, -0.25) is 0 Å². The van der Waals surface area contributed by atoms with Gasteiger partial charge in [-0.15, -0.1) is 0 Å². The van der Waals surface area contributed by atoms with Crippen LogP contribution in [0.15, 0.2) is 36.7 Å². The monoisotopic (exact) mass is 317 g/mol. The quantitative estimate of drug-likeness (QED) is 0.487. The zero-order valence-electron chi connectivity index (χ0n) is 9.78. The van der Waals surface area contributed by atoms with E-state index in [-0.39, 0.29) is 5.02 Å². The van der Waals surface area contributed by atoms with Crippen molar-refractivity contribution in [2.75, 3.05) is 6.61 Å². The van der Waals surface area contributed by atoms with Gasteiger partial charge in [0.2, 0.25) is 0 Å². The van der Waals surface area contributed by atoms with E-state index < -0.39 is 0 Å². The summed E-state index contributed by atoms with van der Waals surface area (Å²) in [5, 5.41) is 12.0. The molecule has 1 aromatic carbocycles. The highest BCUT2D eigenvalue weighted by atomic mass is 35.5. The Morgan fingerprint density at radius 1 is 1.11 bits per heavy atom. The first kappa shape index (κ1) is 14.3. The first-order valence-electron chi connectivity index (χ1n) is 5.52. The second-order valence-electron chi connectivity index (χ2n) is 3.84. The number of hydrogen-bond donors (Lipinski definition) is 0. The smallest absolute Gasteiger partial charge is 0.183 e. The maximum atomic E-state index is 11.1. The highest BCUT2D eigenvalue weighted by Gasteiger charge is 2.09. The molecule has 1 heterocycles. The van der Waals surface area contributed by atoms with Crippen LogP contribution in [0.4, 0.5) is 0 Å². The fourth-order valence-electron chi connectivity index (χ4n) is 1.55. The van der Waals surface area contributed by atoms with Gasteiger partial charge >= 0.3 is 0 Å². The van der Waals surface area contributed by atoms with E-state index in [1.165, 1.54) is 12.4 Å². The van der Waals surface area contributed by atoms with E-state index in [1.807, 2.05) is 6.07 Å². The summed E-state index contributed by atoms with van der Waals surface area (Å²) in [5.41, 5.74) is 0.883. The Balaban J connectivity index is 1.98. The van der Waals surface area contributed by atoms with E-state index in [2.05, 4.69) is 0 Å². The average Bonchev–Trinajstić information content (AvgIpc) is 2.39. The highest BCUT2D eigenvalue weighted by Crippen LogP contribution is 2.36. The molecule has 0 saturated carbocycles. The van der Waals surface area contributed by atoms with Crippen LogP contribution in [0.25, 0.3) is 0 Å². The van der Waals surface area contributed by atoms with Gasteiger partial charge in [-0.2, -0.15) is 4.73 Å². The molecule has 19 heavy (non-hydrogen) atoms. The Bertz CT molecular complexity index is 590. The van der Waals surface area contributed by atoms with Crippen molar-refractivity contribution in [1.82, 2.24) is 0 Å². The maximum Gasteiger partial charge on any atom is 0.183 e. The first-order valence-corrected chi connectivity index (χ1v) is 6.65. The third-order valence-electron chi connectivity index (χ3n) is 2.48. The summed E-state index contributed by atoms with van der Waals surface area (Å²) >= 11 is 17.7. The van der Waals surface area contributed by atoms with Crippen molar-refractivity contribution in [3.63, 3.8) is 0 Å². The molecule has 0 radical (unpaired) electrons. The van der Waals surface area contributed by atoms with Gasteiger partial charge in [0.15, 0.2) is 12.4 Å². The molecule has 0 spiro atoms. The number of ether oxygens (including phenoxy) is 1. The molecule has 0 atom stereocenters. The van der Waals surface area contributed by atoms with Gasteiger partial charge in [-0.05, 0) is 18.2 Å². The van der Waals surface area contributed by atoms with Crippen molar-refractivity contribution < 1.29 is 9.47 Å². The molecule has 0 aliphatic carbocycles. The van der Waals surface area contributed by atoms with Crippen LogP contribution in [-0.2, 0) is 6.42 Å². The summed E-state index contributed by atoms with van der Waals surface area (Å²) in [6.45, 7) is 0.391. The van der Waals surface area contributed by atoms with Gasteiger partial charge in [-0.25, -0.2) is 0 Å². The topological polar surface area (TPSA) is 36.2 Å². The van der Waals surface area contributed by atoms with Gasteiger partial charge in [0.25, 0.3) is 0 Å². The van der Waals surface area contributed by atoms with Crippen LogP contribution in [0.5, 0.6) is 5.75 Å². The third kappa shape index (κ3) is 3.66. The van der Waals surface area contributed by atoms with Crippen molar-refractivity contribution in [2.24, 2.45) is 0 Å². The summed E-state index contributed by atoms with van der Waals surface area (Å²) in [7, 11) is 0. The van der Waals surface area contributed by atoms with E-state index in [9.17, 15) is 5.21 Å². The molecule has 0 unspecified atom stereocenters. The van der Waals surface area contributed by atoms with Crippen LogP contribution in [0, 0.1) is 5.21 Å². The summed E-state index contributed by atoms with van der Waals surface area (Å²) < 4.78 is 6.28. The summed E-state index contributed by atoms with van der Waals surface area (Å²) in [4.78, 5) is 0. The molecule has 100 valence electrons. The average molecular weight is 319 g/mol. The number of aromatic nitrogens is 1. The normalized spacial score (nSPS) is 10.5. The highest BCUT2D eigenvalue weighted by molar-refractivity contribution is 6.48. The molecule has 0 saturated heterocycles. The lowest BCUT2D eigenvalue weighted by molar-refractivity contribution is -0.605. The minimum atomic E-state index is 0.276. The van der Waals surface area contributed by atoms with E-state index in [1.54, 1.807) is 18.2 Å². The second-order valence-corrected chi connectivity index (χ2v) is 5.01. The Labute approximate surface area is 125 Å². The lowest BCUT2D eigenvalue weighted by atomic mass is 10.2. The van der Waals surface area contributed by atoms with Gasteiger partial charge in [0.05, 0.1) is 16.7 Å². The van der Waals surface area contributed by atoms with Gasteiger partial charge in [0.1, 0.15) is 10.8 Å². The van der Waals surface area contributed by atoms with Crippen molar-refractivity contribution in [3.8, 4) is 5.75 Å². The number of benzene rings is 1. The Morgan fingerprint density at radius 2 is 1.89 bits per heavy atom. The zero-order valence-corrected chi connectivity index (χ0v) is 12.0. The first-order chi connectivity index (χ1) is 9.08. The predicted molar refractivity (Wildman–Crippen MR) is 76.1 cm³/mol. The van der Waals surface area contributed by atoms with Gasteiger partial charge < -0.3 is 9.94 Å². The third-order valence-corrected chi connectivity index (χ3v) is 3.76. The molecule has 3 nitrogen and oxygen atoms in total. The van der Waals surface area contributed by atoms with Crippen molar-refractivity contribution >= 4 is 34.8 Å². The standard InChI is InChI=1S/C13H10Cl3NO2/c14-10-3-4-11(13(16)12(10)15)19-7-5-9-2-1-6-17(18)8-9/h1-4,6,8H,5,7H2. The fraction of sp³-hybridized carbons (Fsp3) is 0.154. The summed E-state index contributed by atoms with van der Waals surface area (Å²) in [6.07, 6.45) is 3.53. The van der Waals surface area contributed by atoms with Crippen LogP contribution in [-0.4, -0.2) is 6.61 Å². The molecule has 2 rings (SSSR count). The van der Waals surface area contributed by atoms with E-state index >= 15 is 0 Å². The number of hydrogen-bond acceptors (Lipinski definition) is 2. The lowest BCUT2D eigenvalue weighted by Crippen LogP contribution is -2.25. The van der Waals surface area contributed by atoms with Gasteiger partial charge in [-0.1, -0.05) is 34.8 Å². The molecule has 0 aliphatic rings. The molecule has 6 heteroatoms. The number of rotatable bonds is 4. The van der Waals surface area contributed by atoms with Crippen molar-refractivity contribution in [1.29, 1.82) is 0 Å². The van der Waals surface area contributed by atoms with Crippen LogP contribution >= 0.6 is 34.8 Å². The number of halogens is 3. The molecular weight excluding hydrogens is 309 g/mol. The molecule has 0 bridgehead atoms. The summed E-state index contributed by atoms with van der Waals surface area (Å²) in [5.74, 6) is 0.474. The molecule has 0 aliphatic heterocycles. The Kier molecular flexibility index (Phi) is 4.75. The van der Waals surface area contributed by atoms with Crippen LogP contribution in [0.2, 0.25) is 15.1 Å². The largest absolute Gasteiger partial charge is 0.619 e. The minimum Gasteiger partial charge on any atom is -0.619 e. The van der Waals surface area contributed by atoms with Crippen LogP contribution < -0.4 is 9.47 Å². The SMILES string of the molecule is [O-][n+]1cccc(CCOc2ccc(Cl)c(Cl)c2Cl)c1. The van der Waals surface area contributed by atoms with Crippen molar-refractivity contribution in [2.45, 2.75) is 6.42 Å². The van der Waals surface area contributed by atoms with Crippen molar-refractivity contribution in [3.05, 3.63) is 62.5 Å². The molecular formula is C13H10Cl3NO2. The minimum absolute atomic E-state index is 0.276. The summed E-state index contributed by atoms with van der Waals surface area (Å²) in [6, 6.07) is 6.83. The predicted octanol–water partition coefficient (Wildman–Crippen LogP) is 3.90. The maximum absolute atomic E-state index is 11.1. The fourth-order valence-corrected chi connectivity index (χ4v) is 2.13. The molecule has 2 aromatic rings. The molecule has 1 aromatic heterocycles. The van der Waals surface area contributed by atoms with Gasteiger partial charge in [0, 0.05) is 18.1 Å². The Morgan fingerprint density at radius 3 is 2.63 bits per heavy atom. The van der Waals surface area contributed by atoms with Crippen LogP contribution in [0.1, 0.15) is 5.56 Å². The van der Waals surface area contributed by atoms with E-state index in [0.717, 1.165) is 10.3 Å². The molecule has 0 amide bonds. The number of pyridine rings is 1. The Hall–Kier alpha value is -1.16. The van der Waals surface area contributed by atoms with Crippen LogP contribution in [0.3, 0.4) is 0 Å². The lowest BCUT2D eigenvalue weighted by Gasteiger charge is -2.09. The molecule has 0 fully saturated rings. The van der Waals surface area contributed by atoms with E-state index in [0.29, 0.717) is 28.8 Å². The zero-order chi connectivity index (χ0) is 13.8. The van der Waals surface area contributed by atoms with E-state index in [4.69, 9.17) is 39.5 Å².